The molecule has 0 spiro atoms. The Morgan fingerprint density at radius 1 is 0.786 bits per heavy atom. The number of carbonyl (C=O) groups is 2. The first-order valence-corrected chi connectivity index (χ1v) is 9.01. The summed E-state index contributed by atoms with van der Waals surface area (Å²) in [6.45, 7) is 0.408. The normalized spacial score (nSPS) is 10.3. The number of aliphatic carboxylic acids is 1. The number of hydrogen-bond acceptors (Lipinski definition) is 3. The van der Waals surface area contributed by atoms with Gasteiger partial charge in [-0.1, -0.05) is 42.5 Å². The number of nitrogens with one attached hydrogen (secondary N) is 1. The first kappa shape index (κ1) is 19.2. The molecule has 0 aromatic heterocycles. The van der Waals surface area contributed by atoms with Gasteiger partial charge in [0.15, 0.2) is 0 Å². The zero-order valence-corrected chi connectivity index (χ0v) is 15.3. The molecule has 142 valence electrons. The second-order valence-corrected chi connectivity index (χ2v) is 6.33. The molecule has 0 aliphatic rings. The number of carboxylic acids is 1. The van der Waals surface area contributed by atoms with Crippen LogP contribution in [0.25, 0.3) is 0 Å². The molecule has 0 heterocycles. The van der Waals surface area contributed by atoms with E-state index in [1.54, 1.807) is 24.3 Å². The minimum absolute atomic E-state index is 0.0789. The molecule has 0 saturated carbocycles. The maximum absolute atomic E-state index is 12.3. The Kier molecular flexibility index (Phi) is 6.41. The molecule has 1 amide bonds. The molecule has 28 heavy (non-hydrogen) atoms. The number of carboxylic acid groups (broad SMARTS) is 1. The molecule has 0 bridgehead atoms. The Labute approximate surface area is 163 Å². The van der Waals surface area contributed by atoms with Crippen LogP contribution in [0.1, 0.15) is 27.9 Å². The second kappa shape index (κ2) is 9.37. The van der Waals surface area contributed by atoms with Crippen molar-refractivity contribution in [2.24, 2.45) is 0 Å². The third-order valence-electron chi connectivity index (χ3n) is 4.20. The summed E-state index contributed by atoms with van der Waals surface area (Å²) in [5.74, 6) is 0.505. The largest absolute Gasteiger partial charge is 0.481 e. The van der Waals surface area contributed by atoms with Gasteiger partial charge in [0.25, 0.3) is 5.91 Å². The molecule has 2 N–H and O–H groups in total. The molecule has 0 unspecified atom stereocenters. The molecule has 0 saturated heterocycles. The molecule has 3 aromatic carbocycles. The van der Waals surface area contributed by atoms with Gasteiger partial charge in [-0.3, -0.25) is 9.59 Å². The molecule has 0 radical (unpaired) electrons. The van der Waals surface area contributed by atoms with Crippen molar-refractivity contribution in [3.63, 3.8) is 0 Å². The Morgan fingerprint density at radius 2 is 1.39 bits per heavy atom. The molecular weight excluding hydrogens is 354 g/mol. The van der Waals surface area contributed by atoms with Crippen LogP contribution >= 0.6 is 0 Å². The van der Waals surface area contributed by atoms with E-state index in [0.29, 0.717) is 18.5 Å². The molecule has 0 aliphatic heterocycles. The highest BCUT2D eigenvalue weighted by Gasteiger charge is 2.06. The molecule has 3 rings (SSSR count). The van der Waals surface area contributed by atoms with Gasteiger partial charge in [-0.15, -0.1) is 0 Å². The van der Waals surface area contributed by atoms with Crippen molar-refractivity contribution >= 4 is 11.9 Å². The lowest BCUT2D eigenvalue weighted by Gasteiger charge is -2.08. The van der Waals surface area contributed by atoms with E-state index in [-0.39, 0.29) is 12.3 Å². The van der Waals surface area contributed by atoms with Gasteiger partial charge < -0.3 is 15.2 Å². The van der Waals surface area contributed by atoms with E-state index in [1.807, 2.05) is 54.6 Å². The van der Waals surface area contributed by atoms with Gasteiger partial charge in [0.2, 0.25) is 0 Å². The highest BCUT2D eigenvalue weighted by atomic mass is 16.5. The predicted molar refractivity (Wildman–Crippen MR) is 107 cm³/mol. The predicted octanol–water partition coefficient (Wildman–Crippen LogP) is 4.43. The number of para-hydroxylation sites is 1. The third-order valence-corrected chi connectivity index (χ3v) is 4.20. The molecule has 5 heteroatoms. The number of hydrogen-bond donors (Lipinski definition) is 2. The standard InChI is InChI=1S/C23H21NO4/c25-22(26)15-10-17-6-11-19(12-7-17)23(27)24-16-18-8-13-21(14-9-18)28-20-4-2-1-3-5-20/h1-9,11-14H,10,15-16H2,(H,24,27)(H,25,26). The van der Waals surface area contributed by atoms with E-state index >= 15 is 0 Å². The van der Waals surface area contributed by atoms with Gasteiger partial charge in [0.1, 0.15) is 11.5 Å². The molecular formula is C23H21NO4. The van der Waals surface area contributed by atoms with Gasteiger partial charge in [-0.2, -0.15) is 0 Å². The third kappa shape index (κ3) is 5.71. The highest BCUT2D eigenvalue weighted by molar-refractivity contribution is 5.94. The van der Waals surface area contributed by atoms with Crippen LogP contribution < -0.4 is 10.1 Å². The Morgan fingerprint density at radius 3 is 2.04 bits per heavy atom. The topological polar surface area (TPSA) is 75.6 Å². The van der Waals surface area contributed by atoms with Crippen LogP contribution in [0, 0.1) is 0 Å². The van der Waals surface area contributed by atoms with Gasteiger partial charge in [0, 0.05) is 18.5 Å². The highest BCUT2D eigenvalue weighted by Crippen LogP contribution is 2.21. The zero-order valence-electron chi connectivity index (χ0n) is 15.3. The lowest BCUT2D eigenvalue weighted by molar-refractivity contribution is -0.136. The summed E-state index contributed by atoms with van der Waals surface area (Å²) in [6, 6.07) is 24.1. The first-order chi connectivity index (χ1) is 13.6. The number of rotatable bonds is 8. The lowest BCUT2D eigenvalue weighted by atomic mass is 10.1. The first-order valence-electron chi connectivity index (χ1n) is 9.01. The van der Waals surface area contributed by atoms with Crippen molar-refractivity contribution in [2.45, 2.75) is 19.4 Å². The number of amides is 1. The quantitative estimate of drug-likeness (QED) is 0.611. The summed E-state index contributed by atoms with van der Waals surface area (Å²) in [5, 5.41) is 11.6. The fraction of sp³-hybridized carbons (Fsp3) is 0.130. The van der Waals surface area contributed by atoms with Crippen molar-refractivity contribution in [3.8, 4) is 11.5 Å². The van der Waals surface area contributed by atoms with Crippen LogP contribution in [0.3, 0.4) is 0 Å². The fourth-order valence-electron chi connectivity index (χ4n) is 2.66. The van der Waals surface area contributed by atoms with E-state index in [1.165, 1.54) is 0 Å². The summed E-state index contributed by atoms with van der Waals surface area (Å²) >= 11 is 0. The molecule has 0 atom stereocenters. The van der Waals surface area contributed by atoms with Crippen molar-refractivity contribution in [1.29, 1.82) is 0 Å². The SMILES string of the molecule is O=C(O)CCc1ccc(C(=O)NCc2ccc(Oc3ccccc3)cc2)cc1. The van der Waals surface area contributed by atoms with Gasteiger partial charge in [-0.05, 0) is 53.9 Å². The van der Waals surface area contributed by atoms with Gasteiger partial charge >= 0.3 is 5.97 Å². The number of aryl methyl sites for hydroxylation is 1. The minimum atomic E-state index is -0.831. The summed E-state index contributed by atoms with van der Waals surface area (Å²) < 4.78 is 5.75. The van der Waals surface area contributed by atoms with Crippen molar-refractivity contribution in [1.82, 2.24) is 5.32 Å². The van der Waals surface area contributed by atoms with E-state index in [0.717, 1.165) is 22.6 Å². The summed E-state index contributed by atoms with van der Waals surface area (Å²) in [7, 11) is 0. The van der Waals surface area contributed by atoms with Gasteiger partial charge in [0.05, 0.1) is 0 Å². The Hall–Kier alpha value is -3.60. The lowest BCUT2D eigenvalue weighted by Crippen LogP contribution is -2.22. The Bertz CT molecular complexity index is 919. The Balaban J connectivity index is 1.50. The van der Waals surface area contributed by atoms with E-state index in [4.69, 9.17) is 9.84 Å². The van der Waals surface area contributed by atoms with Crippen molar-refractivity contribution in [2.75, 3.05) is 0 Å². The number of benzene rings is 3. The molecule has 5 nitrogen and oxygen atoms in total. The van der Waals surface area contributed by atoms with E-state index in [2.05, 4.69) is 5.32 Å². The monoisotopic (exact) mass is 375 g/mol. The molecule has 0 aliphatic carbocycles. The van der Waals surface area contributed by atoms with Crippen LogP contribution in [0.2, 0.25) is 0 Å². The van der Waals surface area contributed by atoms with Crippen LogP contribution in [-0.2, 0) is 17.8 Å². The number of carbonyl (C=O) groups excluding carboxylic acids is 1. The molecule has 0 fully saturated rings. The molecule has 3 aromatic rings. The summed E-state index contributed by atoms with van der Waals surface area (Å²) in [4.78, 5) is 22.9. The van der Waals surface area contributed by atoms with Crippen LogP contribution in [0.4, 0.5) is 0 Å². The fourth-order valence-corrected chi connectivity index (χ4v) is 2.66. The summed E-state index contributed by atoms with van der Waals surface area (Å²) in [5.41, 5.74) is 2.41. The maximum atomic E-state index is 12.3. The number of ether oxygens (including phenoxy) is 1. The van der Waals surface area contributed by atoms with E-state index < -0.39 is 5.97 Å². The van der Waals surface area contributed by atoms with Crippen LogP contribution in [-0.4, -0.2) is 17.0 Å². The van der Waals surface area contributed by atoms with Gasteiger partial charge in [-0.25, -0.2) is 0 Å². The minimum Gasteiger partial charge on any atom is -0.481 e. The van der Waals surface area contributed by atoms with E-state index in [9.17, 15) is 9.59 Å². The van der Waals surface area contributed by atoms with Crippen molar-refractivity contribution < 1.29 is 19.4 Å². The second-order valence-electron chi connectivity index (χ2n) is 6.33. The average Bonchev–Trinajstić information content (AvgIpc) is 2.72. The summed E-state index contributed by atoms with van der Waals surface area (Å²) in [6.07, 6.45) is 0.532. The zero-order chi connectivity index (χ0) is 19.8. The van der Waals surface area contributed by atoms with Crippen LogP contribution in [0.15, 0.2) is 78.9 Å². The average molecular weight is 375 g/mol. The smallest absolute Gasteiger partial charge is 0.303 e. The maximum Gasteiger partial charge on any atom is 0.303 e. The van der Waals surface area contributed by atoms with Crippen molar-refractivity contribution in [3.05, 3.63) is 95.6 Å². The van der Waals surface area contributed by atoms with Crippen LogP contribution in [0.5, 0.6) is 11.5 Å².